The Kier molecular flexibility index (Phi) is 9.24. The predicted molar refractivity (Wildman–Crippen MR) is 135 cm³/mol. The number of ether oxygens (including phenoxy) is 1. The van der Waals surface area contributed by atoms with Gasteiger partial charge >= 0.3 is 6.09 Å². The highest BCUT2D eigenvalue weighted by molar-refractivity contribution is 6.38. The highest BCUT2D eigenvalue weighted by Crippen LogP contribution is 2.44. The number of hydrogen-bond donors (Lipinski definition) is 4. The normalized spacial score (nSPS) is 22.6. The number of carbonyl (C=O) groups excluding carboxylic acids is 4. The lowest BCUT2D eigenvalue weighted by Gasteiger charge is -2.36. The zero-order valence-corrected chi connectivity index (χ0v) is 23.0. The number of halogens is 2. The Hall–Kier alpha value is -2.83. The summed E-state index contributed by atoms with van der Waals surface area (Å²) in [5, 5.41) is 16.6. The smallest absolute Gasteiger partial charge is 0.405 e. The van der Waals surface area contributed by atoms with Crippen LogP contribution >= 0.6 is 0 Å². The molecule has 3 fully saturated rings. The number of alkyl halides is 2. The van der Waals surface area contributed by atoms with E-state index in [2.05, 4.69) is 16.0 Å². The van der Waals surface area contributed by atoms with Crippen molar-refractivity contribution < 1.29 is 42.6 Å². The summed E-state index contributed by atoms with van der Waals surface area (Å²) in [5.41, 5.74) is -1.28. The molecule has 3 unspecified atom stereocenters. The van der Waals surface area contributed by atoms with Crippen molar-refractivity contribution in [2.45, 2.75) is 103 Å². The molecule has 2 saturated heterocycles. The summed E-state index contributed by atoms with van der Waals surface area (Å²) >= 11 is 0. The van der Waals surface area contributed by atoms with Crippen LogP contribution in [0.1, 0.15) is 72.6 Å². The lowest BCUT2D eigenvalue weighted by atomic mass is 9.78. The summed E-state index contributed by atoms with van der Waals surface area (Å²) in [4.78, 5) is 65.5. The molecule has 0 aromatic heterocycles. The van der Waals surface area contributed by atoms with Crippen molar-refractivity contribution in [3.8, 4) is 0 Å². The summed E-state index contributed by atoms with van der Waals surface area (Å²) in [5.74, 6) is -6.42. The number of carboxylic acid groups (broad SMARTS) is 1. The Balaban J connectivity index is 1.86. The minimum absolute atomic E-state index is 0.141. The highest BCUT2D eigenvalue weighted by atomic mass is 19.3. The molecule has 2 aliphatic heterocycles. The first kappa shape index (κ1) is 30.7. The first-order valence-corrected chi connectivity index (χ1v) is 13.4. The molecule has 4 N–H and O–H groups in total. The van der Waals surface area contributed by atoms with Gasteiger partial charge in [-0.05, 0) is 56.3 Å². The number of carbonyl (C=O) groups is 5. The quantitative estimate of drug-likeness (QED) is 0.298. The van der Waals surface area contributed by atoms with Crippen molar-refractivity contribution in [1.29, 1.82) is 0 Å². The standard InChI is InChI=1S/C26H40F2N4O7/c1-24(2,3)19(31-23(37)38)22(36)32-14-26(9-11-39-12-10-26)13-17(32)20(34)30-16(7-8-25(4,27)28)18(33)21(35)29-15-5-6-15/h15-17,19,31H,5-14H2,1-4H3,(H,29,35)(H,30,34)(H,37,38). The van der Waals surface area contributed by atoms with Gasteiger partial charge in [0.15, 0.2) is 0 Å². The van der Waals surface area contributed by atoms with Crippen LogP contribution in [0.4, 0.5) is 13.6 Å². The molecule has 220 valence electrons. The third kappa shape index (κ3) is 8.33. The lowest BCUT2D eigenvalue weighted by Crippen LogP contribution is -2.59. The van der Waals surface area contributed by atoms with Crippen molar-refractivity contribution in [2.24, 2.45) is 10.8 Å². The molecular formula is C26H40F2N4O7. The number of Topliss-reactive ketones (excluding diaryl/α,β-unsaturated/α-hetero) is 1. The molecule has 0 aromatic carbocycles. The van der Waals surface area contributed by atoms with Crippen LogP contribution < -0.4 is 16.0 Å². The SMILES string of the molecule is CC(F)(F)CCC(NC(=O)C1CC2(CCOCC2)CN1C(=O)C(NC(=O)O)C(C)(C)C)C(=O)C(=O)NC1CC1. The second-order valence-corrected chi connectivity index (χ2v) is 12.3. The van der Waals surface area contributed by atoms with Crippen LogP contribution in [0, 0.1) is 10.8 Å². The maximum atomic E-state index is 13.7. The Morgan fingerprint density at radius 2 is 1.67 bits per heavy atom. The maximum absolute atomic E-state index is 13.7. The molecule has 0 radical (unpaired) electrons. The molecule has 1 aliphatic carbocycles. The fraction of sp³-hybridized carbons (Fsp3) is 0.808. The van der Waals surface area contributed by atoms with Crippen LogP contribution in [0.15, 0.2) is 0 Å². The number of amides is 4. The van der Waals surface area contributed by atoms with Crippen molar-refractivity contribution in [2.75, 3.05) is 19.8 Å². The van der Waals surface area contributed by atoms with E-state index in [0.29, 0.717) is 45.8 Å². The van der Waals surface area contributed by atoms with E-state index in [1.165, 1.54) is 4.90 Å². The third-order valence-electron chi connectivity index (χ3n) is 7.67. The number of likely N-dealkylation sites (tertiary alicyclic amines) is 1. The molecule has 3 atom stereocenters. The zero-order chi connectivity index (χ0) is 29.2. The van der Waals surface area contributed by atoms with Gasteiger partial charge in [-0.15, -0.1) is 0 Å². The van der Waals surface area contributed by atoms with Crippen LogP contribution in [0.5, 0.6) is 0 Å². The second-order valence-electron chi connectivity index (χ2n) is 12.3. The van der Waals surface area contributed by atoms with Gasteiger partial charge in [-0.3, -0.25) is 19.2 Å². The number of rotatable bonds is 10. The van der Waals surface area contributed by atoms with Gasteiger partial charge < -0.3 is 30.7 Å². The van der Waals surface area contributed by atoms with E-state index >= 15 is 0 Å². The number of nitrogens with zero attached hydrogens (tertiary/aromatic N) is 1. The zero-order valence-electron chi connectivity index (χ0n) is 23.0. The maximum Gasteiger partial charge on any atom is 0.405 e. The summed E-state index contributed by atoms with van der Waals surface area (Å²) in [6.45, 7) is 6.81. The predicted octanol–water partition coefficient (Wildman–Crippen LogP) is 1.83. The van der Waals surface area contributed by atoms with E-state index < -0.39 is 77.3 Å². The third-order valence-corrected chi connectivity index (χ3v) is 7.67. The molecular weight excluding hydrogens is 518 g/mol. The highest BCUT2D eigenvalue weighted by Gasteiger charge is 2.52. The summed E-state index contributed by atoms with van der Waals surface area (Å²) in [6, 6.07) is -3.89. The topological polar surface area (TPSA) is 154 Å². The molecule has 4 amide bonds. The number of hydrogen-bond acceptors (Lipinski definition) is 6. The van der Waals surface area contributed by atoms with Crippen LogP contribution in [0.25, 0.3) is 0 Å². The first-order chi connectivity index (χ1) is 18.0. The summed E-state index contributed by atoms with van der Waals surface area (Å²) < 4.78 is 32.8. The number of nitrogens with one attached hydrogen (secondary N) is 3. The second kappa shape index (κ2) is 11.7. The Morgan fingerprint density at radius 1 is 1.05 bits per heavy atom. The van der Waals surface area contributed by atoms with Crippen LogP contribution in [-0.2, 0) is 23.9 Å². The molecule has 3 aliphatic rings. The Morgan fingerprint density at radius 3 is 2.18 bits per heavy atom. The van der Waals surface area contributed by atoms with E-state index in [-0.39, 0.29) is 19.0 Å². The summed E-state index contributed by atoms with van der Waals surface area (Å²) in [6.07, 6.45) is 0.220. The molecule has 13 heteroatoms. The van der Waals surface area contributed by atoms with Gasteiger partial charge in [0.05, 0.1) is 6.04 Å². The van der Waals surface area contributed by atoms with E-state index in [9.17, 15) is 37.9 Å². The summed E-state index contributed by atoms with van der Waals surface area (Å²) in [7, 11) is 0. The van der Waals surface area contributed by atoms with Gasteiger partial charge in [0.25, 0.3) is 5.91 Å². The molecule has 0 bridgehead atoms. The van der Waals surface area contributed by atoms with Crippen molar-refractivity contribution >= 4 is 29.6 Å². The van der Waals surface area contributed by atoms with Gasteiger partial charge in [-0.1, -0.05) is 20.8 Å². The van der Waals surface area contributed by atoms with Crippen LogP contribution in [0.3, 0.4) is 0 Å². The molecule has 1 saturated carbocycles. The molecule has 0 aromatic rings. The van der Waals surface area contributed by atoms with Crippen LogP contribution in [0.2, 0.25) is 0 Å². The van der Waals surface area contributed by atoms with E-state index in [4.69, 9.17) is 4.74 Å². The average Bonchev–Trinajstić information content (AvgIpc) is 3.57. The molecule has 3 rings (SSSR count). The van der Waals surface area contributed by atoms with Crippen molar-refractivity contribution in [3.05, 3.63) is 0 Å². The molecule has 11 nitrogen and oxygen atoms in total. The van der Waals surface area contributed by atoms with Gasteiger partial charge in [0.1, 0.15) is 12.1 Å². The fourth-order valence-corrected chi connectivity index (χ4v) is 5.20. The fourth-order valence-electron chi connectivity index (χ4n) is 5.20. The monoisotopic (exact) mass is 558 g/mol. The Bertz CT molecular complexity index is 968. The van der Waals surface area contributed by atoms with Crippen molar-refractivity contribution in [3.63, 3.8) is 0 Å². The van der Waals surface area contributed by atoms with Crippen LogP contribution in [-0.4, -0.2) is 89.5 Å². The van der Waals surface area contributed by atoms with Crippen molar-refractivity contribution in [1.82, 2.24) is 20.9 Å². The lowest BCUT2D eigenvalue weighted by molar-refractivity contribution is -0.144. The van der Waals surface area contributed by atoms with Gasteiger partial charge in [0, 0.05) is 32.2 Å². The minimum Gasteiger partial charge on any atom is -0.465 e. The molecule has 39 heavy (non-hydrogen) atoms. The molecule has 1 spiro atoms. The number of ketones is 1. The van der Waals surface area contributed by atoms with E-state index in [0.717, 1.165) is 0 Å². The Labute approximate surface area is 226 Å². The van der Waals surface area contributed by atoms with Gasteiger partial charge in [-0.2, -0.15) is 0 Å². The first-order valence-electron chi connectivity index (χ1n) is 13.4. The largest absolute Gasteiger partial charge is 0.465 e. The van der Waals surface area contributed by atoms with E-state index in [1.54, 1.807) is 20.8 Å². The van der Waals surface area contributed by atoms with Gasteiger partial charge in [0.2, 0.25) is 23.5 Å². The van der Waals surface area contributed by atoms with E-state index in [1.807, 2.05) is 0 Å². The molecule has 2 heterocycles. The van der Waals surface area contributed by atoms with Gasteiger partial charge in [-0.25, -0.2) is 13.6 Å². The average molecular weight is 559 g/mol. The minimum atomic E-state index is -3.12.